The largest absolute Gasteiger partial charge is 0.465 e. The van der Waals surface area contributed by atoms with Crippen LogP contribution in [0, 0.1) is 29.0 Å². The van der Waals surface area contributed by atoms with Crippen molar-refractivity contribution in [2.45, 2.75) is 25.2 Å². The third-order valence-corrected chi connectivity index (χ3v) is 3.60. The van der Waals surface area contributed by atoms with Gasteiger partial charge in [0.1, 0.15) is 11.9 Å². The Kier molecular flexibility index (Phi) is 5.00. The van der Waals surface area contributed by atoms with Gasteiger partial charge in [-0.1, -0.05) is 23.4 Å². The van der Waals surface area contributed by atoms with Gasteiger partial charge >= 0.3 is 6.09 Å². The third kappa shape index (κ3) is 4.15. The molecule has 2 N–H and O–H groups in total. The molecule has 2 rings (SSSR count). The molecule has 0 aliphatic carbocycles. The minimum absolute atomic E-state index is 0.0100. The van der Waals surface area contributed by atoms with Gasteiger partial charge in [0.15, 0.2) is 11.3 Å². The molecule has 0 spiro atoms. The first-order chi connectivity index (χ1) is 11.2. The molecule has 6 nitrogen and oxygen atoms in total. The average molecular weight is 353 g/mol. The maximum absolute atomic E-state index is 14.0. The Morgan fingerprint density at radius 1 is 1.38 bits per heavy atom. The molecule has 8 heteroatoms. The summed E-state index contributed by atoms with van der Waals surface area (Å²) in [6.07, 6.45) is -1.31. The molecule has 0 atom stereocenters. The Morgan fingerprint density at radius 3 is 2.54 bits per heavy atom. The molecule has 1 aromatic carbocycles. The standard InChI is InChI=1S/C16H14ClFN2O4/c1-15(2)23-8-16(9-24-15,20-14(21)22)4-3-10-5-12(17)11(7-19)6-13(10)18/h5-6,20H,8-9H2,1-2H3,(H,21,22). The number of nitrogens with one attached hydrogen (secondary N) is 1. The lowest BCUT2D eigenvalue weighted by atomic mass is 10.00. The van der Waals surface area contributed by atoms with Crippen LogP contribution in [0.3, 0.4) is 0 Å². The summed E-state index contributed by atoms with van der Waals surface area (Å²) < 4.78 is 24.9. The summed E-state index contributed by atoms with van der Waals surface area (Å²) in [7, 11) is 0. The lowest BCUT2D eigenvalue weighted by molar-refractivity contribution is -0.262. The van der Waals surface area contributed by atoms with E-state index in [0.29, 0.717) is 0 Å². The Balaban J connectivity index is 2.36. The molecule has 126 valence electrons. The van der Waals surface area contributed by atoms with Crippen molar-refractivity contribution in [1.29, 1.82) is 5.26 Å². The predicted octanol–water partition coefficient (Wildman–Crippen LogP) is 2.49. The van der Waals surface area contributed by atoms with Gasteiger partial charge in [-0.2, -0.15) is 5.26 Å². The van der Waals surface area contributed by atoms with E-state index >= 15 is 0 Å². The van der Waals surface area contributed by atoms with Crippen LogP contribution < -0.4 is 5.32 Å². The number of nitriles is 1. The van der Waals surface area contributed by atoms with Crippen LogP contribution in [-0.2, 0) is 9.47 Å². The summed E-state index contributed by atoms with van der Waals surface area (Å²) in [5.41, 5.74) is -1.41. The minimum atomic E-state index is -1.34. The van der Waals surface area contributed by atoms with Gasteiger partial charge in [-0.25, -0.2) is 9.18 Å². The highest BCUT2D eigenvalue weighted by Gasteiger charge is 2.40. The van der Waals surface area contributed by atoms with Crippen molar-refractivity contribution in [1.82, 2.24) is 5.32 Å². The molecule has 1 amide bonds. The molecular formula is C16H14ClFN2O4. The van der Waals surface area contributed by atoms with Gasteiger partial charge < -0.3 is 19.9 Å². The van der Waals surface area contributed by atoms with E-state index in [4.69, 9.17) is 31.4 Å². The van der Waals surface area contributed by atoms with Crippen molar-refractivity contribution in [3.63, 3.8) is 0 Å². The molecule has 1 aliphatic heterocycles. The van der Waals surface area contributed by atoms with Gasteiger partial charge in [0.05, 0.1) is 29.4 Å². The number of nitrogens with zero attached hydrogens (tertiary/aromatic N) is 1. The van der Waals surface area contributed by atoms with Gasteiger partial charge in [0, 0.05) is 0 Å². The van der Waals surface area contributed by atoms with E-state index in [1.807, 2.05) is 0 Å². The highest BCUT2D eigenvalue weighted by atomic mass is 35.5. The first-order valence-corrected chi connectivity index (χ1v) is 7.25. The smallest absolute Gasteiger partial charge is 0.406 e. The number of hydrogen-bond donors (Lipinski definition) is 2. The third-order valence-electron chi connectivity index (χ3n) is 3.29. The van der Waals surface area contributed by atoms with Crippen LogP contribution in [0.15, 0.2) is 12.1 Å². The second kappa shape index (κ2) is 6.66. The number of carbonyl (C=O) groups is 1. The van der Waals surface area contributed by atoms with Crippen molar-refractivity contribution >= 4 is 17.7 Å². The number of amides is 1. The van der Waals surface area contributed by atoms with Gasteiger partial charge in [0.2, 0.25) is 0 Å². The van der Waals surface area contributed by atoms with E-state index in [1.54, 1.807) is 19.9 Å². The maximum atomic E-state index is 14.0. The second-order valence-corrected chi connectivity index (χ2v) is 6.07. The monoisotopic (exact) mass is 352 g/mol. The van der Waals surface area contributed by atoms with Crippen LogP contribution in [0.5, 0.6) is 0 Å². The zero-order valence-electron chi connectivity index (χ0n) is 12.9. The molecule has 0 radical (unpaired) electrons. The summed E-state index contributed by atoms with van der Waals surface area (Å²) in [5.74, 6) is 3.60. The Hall–Kier alpha value is -2.32. The Bertz CT molecular complexity index is 767. The van der Waals surface area contributed by atoms with Crippen molar-refractivity contribution < 1.29 is 23.8 Å². The maximum Gasteiger partial charge on any atom is 0.406 e. The van der Waals surface area contributed by atoms with Crippen LogP contribution in [0.1, 0.15) is 25.0 Å². The van der Waals surface area contributed by atoms with Crippen LogP contribution in [-0.4, -0.2) is 35.7 Å². The highest BCUT2D eigenvalue weighted by Crippen LogP contribution is 2.24. The molecule has 1 heterocycles. The van der Waals surface area contributed by atoms with Gasteiger partial charge in [0.25, 0.3) is 0 Å². The summed E-state index contributed by atoms with van der Waals surface area (Å²) in [5, 5.41) is 20.1. The summed E-state index contributed by atoms with van der Waals surface area (Å²) in [6, 6.07) is 3.95. The number of hydrogen-bond acceptors (Lipinski definition) is 4. The van der Waals surface area contributed by atoms with E-state index in [0.717, 1.165) is 6.07 Å². The number of carboxylic acid groups (broad SMARTS) is 1. The molecule has 0 unspecified atom stereocenters. The highest BCUT2D eigenvalue weighted by molar-refractivity contribution is 6.31. The number of benzene rings is 1. The Labute approximate surface area is 143 Å². The Morgan fingerprint density at radius 2 is 2.00 bits per heavy atom. The van der Waals surface area contributed by atoms with Crippen LogP contribution in [0.2, 0.25) is 5.02 Å². The fourth-order valence-electron chi connectivity index (χ4n) is 1.97. The molecule has 1 fully saturated rings. The molecular weight excluding hydrogens is 339 g/mol. The number of ether oxygens (including phenoxy) is 2. The van der Waals surface area contributed by atoms with E-state index in [9.17, 15) is 9.18 Å². The van der Waals surface area contributed by atoms with Gasteiger partial charge in [-0.3, -0.25) is 0 Å². The van der Waals surface area contributed by atoms with Crippen molar-refractivity contribution in [2.75, 3.05) is 13.2 Å². The minimum Gasteiger partial charge on any atom is -0.465 e. The summed E-state index contributed by atoms with van der Waals surface area (Å²) in [6.45, 7) is 3.24. The van der Waals surface area contributed by atoms with E-state index < -0.39 is 23.2 Å². The first-order valence-electron chi connectivity index (χ1n) is 6.88. The molecule has 0 aromatic heterocycles. The fourth-order valence-corrected chi connectivity index (χ4v) is 2.18. The van der Waals surface area contributed by atoms with E-state index in [1.165, 1.54) is 6.07 Å². The fraction of sp³-hybridized carbons (Fsp3) is 0.375. The topological polar surface area (TPSA) is 91.6 Å². The van der Waals surface area contributed by atoms with Crippen molar-refractivity contribution in [3.8, 4) is 17.9 Å². The summed E-state index contributed by atoms with van der Waals surface area (Å²) >= 11 is 5.86. The molecule has 1 aromatic rings. The van der Waals surface area contributed by atoms with E-state index in [2.05, 4.69) is 17.2 Å². The molecule has 24 heavy (non-hydrogen) atoms. The zero-order chi connectivity index (χ0) is 18.0. The van der Waals surface area contributed by atoms with Gasteiger partial charge in [-0.15, -0.1) is 0 Å². The average Bonchev–Trinajstić information content (AvgIpc) is 2.50. The molecule has 1 saturated heterocycles. The molecule has 0 bridgehead atoms. The number of rotatable bonds is 1. The second-order valence-electron chi connectivity index (χ2n) is 5.66. The van der Waals surface area contributed by atoms with Crippen LogP contribution in [0.25, 0.3) is 0 Å². The molecule has 1 aliphatic rings. The summed E-state index contributed by atoms with van der Waals surface area (Å²) in [4.78, 5) is 11.0. The number of halogens is 2. The van der Waals surface area contributed by atoms with Crippen molar-refractivity contribution in [3.05, 3.63) is 34.1 Å². The van der Waals surface area contributed by atoms with Crippen LogP contribution >= 0.6 is 11.6 Å². The lowest BCUT2D eigenvalue weighted by Gasteiger charge is -2.40. The molecule has 0 saturated carbocycles. The van der Waals surface area contributed by atoms with Gasteiger partial charge in [-0.05, 0) is 26.0 Å². The SMILES string of the molecule is CC1(C)OCC(C#Cc2cc(Cl)c(C#N)cc2F)(NC(=O)O)CO1. The van der Waals surface area contributed by atoms with Crippen molar-refractivity contribution in [2.24, 2.45) is 0 Å². The normalized spacial score (nSPS) is 18.0. The quantitative estimate of drug-likeness (QED) is 0.758. The lowest BCUT2D eigenvalue weighted by Crippen LogP contribution is -2.60. The zero-order valence-corrected chi connectivity index (χ0v) is 13.7. The predicted molar refractivity (Wildman–Crippen MR) is 82.9 cm³/mol. The first kappa shape index (κ1) is 18.0. The van der Waals surface area contributed by atoms with Crippen LogP contribution in [0.4, 0.5) is 9.18 Å². The van der Waals surface area contributed by atoms with E-state index in [-0.39, 0.29) is 29.4 Å².